The second kappa shape index (κ2) is 2.97. The van der Waals surface area contributed by atoms with Crippen molar-refractivity contribution in [1.82, 2.24) is 4.90 Å². The number of hydrogen-bond donors (Lipinski definition) is 1. The van der Waals surface area contributed by atoms with Crippen LogP contribution in [0.4, 0.5) is 0 Å². The molecule has 14 heavy (non-hydrogen) atoms. The molecule has 2 rings (SSSR count). The molecule has 0 radical (unpaired) electrons. The van der Waals surface area contributed by atoms with E-state index in [9.17, 15) is 9.59 Å². The third kappa shape index (κ3) is 1.29. The quantitative estimate of drug-likeness (QED) is 0.709. The molecule has 0 aromatic heterocycles. The molecule has 2 fully saturated rings. The predicted octanol–water partition coefficient (Wildman–Crippen LogP) is 0.720. The summed E-state index contributed by atoms with van der Waals surface area (Å²) in [4.78, 5) is 23.7. The molecule has 2 unspecified atom stereocenters. The SMILES string of the molecule is CC(=O)N1CC2CCC2(CC(=O)O)C1. The normalized spacial score (nSPS) is 34.9. The Morgan fingerprint density at radius 3 is 2.71 bits per heavy atom. The van der Waals surface area contributed by atoms with Crippen LogP contribution in [-0.4, -0.2) is 35.0 Å². The van der Waals surface area contributed by atoms with E-state index in [-0.39, 0.29) is 17.7 Å². The Bertz CT molecular complexity index is 289. The Labute approximate surface area is 82.9 Å². The highest BCUT2D eigenvalue weighted by atomic mass is 16.4. The van der Waals surface area contributed by atoms with Crippen LogP contribution in [0, 0.1) is 11.3 Å². The van der Waals surface area contributed by atoms with Gasteiger partial charge in [0.2, 0.25) is 5.91 Å². The molecular formula is C10H15NO3. The van der Waals surface area contributed by atoms with Crippen LogP contribution in [0.5, 0.6) is 0 Å². The van der Waals surface area contributed by atoms with Gasteiger partial charge in [-0.05, 0) is 18.8 Å². The molecule has 0 aromatic rings. The third-order valence-corrected chi connectivity index (χ3v) is 3.75. The van der Waals surface area contributed by atoms with E-state index in [1.165, 1.54) is 0 Å². The average molecular weight is 197 g/mol. The topological polar surface area (TPSA) is 57.6 Å². The van der Waals surface area contributed by atoms with Gasteiger partial charge < -0.3 is 10.0 Å². The zero-order valence-corrected chi connectivity index (χ0v) is 8.32. The van der Waals surface area contributed by atoms with Crippen molar-refractivity contribution in [2.75, 3.05) is 13.1 Å². The lowest BCUT2D eigenvalue weighted by atomic mass is 9.60. The summed E-state index contributed by atoms with van der Waals surface area (Å²) in [7, 11) is 0. The second-order valence-corrected chi connectivity index (χ2v) is 4.57. The fourth-order valence-electron chi connectivity index (χ4n) is 2.79. The number of nitrogens with zero attached hydrogens (tertiary/aromatic N) is 1. The lowest BCUT2D eigenvalue weighted by Gasteiger charge is -2.42. The number of carboxylic acid groups (broad SMARTS) is 1. The number of amides is 1. The zero-order chi connectivity index (χ0) is 10.3. The van der Waals surface area contributed by atoms with E-state index >= 15 is 0 Å². The summed E-state index contributed by atoms with van der Waals surface area (Å²) in [5.74, 6) is -0.230. The molecule has 0 bridgehead atoms. The number of carbonyl (C=O) groups is 2. The maximum absolute atomic E-state index is 11.2. The first-order chi connectivity index (χ1) is 6.53. The van der Waals surface area contributed by atoms with Crippen molar-refractivity contribution in [3.05, 3.63) is 0 Å². The lowest BCUT2D eigenvalue weighted by molar-refractivity contribution is -0.142. The van der Waals surface area contributed by atoms with Gasteiger partial charge in [0, 0.05) is 25.4 Å². The van der Waals surface area contributed by atoms with Gasteiger partial charge in [-0.25, -0.2) is 0 Å². The number of likely N-dealkylation sites (tertiary alicyclic amines) is 1. The fraction of sp³-hybridized carbons (Fsp3) is 0.800. The molecule has 1 N–H and O–H groups in total. The lowest BCUT2D eigenvalue weighted by Crippen LogP contribution is -2.41. The van der Waals surface area contributed by atoms with Crippen molar-refractivity contribution in [3.63, 3.8) is 0 Å². The Morgan fingerprint density at radius 2 is 2.29 bits per heavy atom. The summed E-state index contributed by atoms with van der Waals surface area (Å²) in [5.41, 5.74) is -0.0858. The Hall–Kier alpha value is -1.06. The van der Waals surface area contributed by atoms with Gasteiger partial charge in [-0.15, -0.1) is 0 Å². The van der Waals surface area contributed by atoms with Crippen LogP contribution in [0.15, 0.2) is 0 Å². The molecule has 2 aliphatic rings. The van der Waals surface area contributed by atoms with Crippen LogP contribution in [0.1, 0.15) is 26.2 Å². The predicted molar refractivity (Wildman–Crippen MR) is 49.7 cm³/mol. The maximum Gasteiger partial charge on any atom is 0.303 e. The standard InChI is InChI=1S/C10H15NO3/c1-7(12)11-5-8-2-3-10(8,6-11)4-9(13)14/h8H,2-6H2,1H3,(H,13,14). The summed E-state index contributed by atoms with van der Waals surface area (Å²) in [5, 5.41) is 8.81. The number of carbonyl (C=O) groups excluding carboxylic acids is 1. The number of hydrogen-bond acceptors (Lipinski definition) is 2. The molecule has 78 valence electrons. The summed E-state index contributed by atoms with van der Waals surface area (Å²) >= 11 is 0. The molecule has 1 aliphatic heterocycles. The van der Waals surface area contributed by atoms with Gasteiger partial charge >= 0.3 is 5.97 Å². The molecule has 4 nitrogen and oxygen atoms in total. The van der Waals surface area contributed by atoms with Crippen molar-refractivity contribution in [2.24, 2.45) is 11.3 Å². The van der Waals surface area contributed by atoms with Crippen LogP contribution < -0.4 is 0 Å². The van der Waals surface area contributed by atoms with Crippen LogP contribution in [0.2, 0.25) is 0 Å². The number of rotatable bonds is 2. The number of carboxylic acids is 1. The van der Waals surface area contributed by atoms with Crippen molar-refractivity contribution in [1.29, 1.82) is 0 Å². The van der Waals surface area contributed by atoms with Crippen molar-refractivity contribution in [2.45, 2.75) is 26.2 Å². The van der Waals surface area contributed by atoms with E-state index in [1.807, 2.05) is 0 Å². The van der Waals surface area contributed by atoms with Gasteiger partial charge in [-0.1, -0.05) is 0 Å². The van der Waals surface area contributed by atoms with Crippen LogP contribution >= 0.6 is 0 Å². The van der Waals surface area contributed by atoms with Crippen molar-refractivity contribution in [3.8, 4) is 0 Å². The number of fused-ring (bicyclic) bond motifs is 1. The first-order valence-corrected chi connectivity index (χ1v) is 5.01. The minimum atomic E-state index is -0.736. The smallest absolute Gasteiger partial charge is 0.303 e. The van der Waals surface area contributed by atoms with E-state index in [4.69, 9.17) is 5.11 Å². The molecule has 2 atom stereocenters. The fourth-order valence-corrected chi connectivity index (χ4v) is 2.79. The summed E-state index contributed by atoms with van der Waals surface area (Å²) in [6.07, 6.45) is 2.27. The summed E-state index contributed by atoms with van der Waals surface area (Å²) in [6.45, 7) is 2.97. The highest BCUT2D eigenvalue weighted by molar-refractivity contribution is 5.74. The van der Waals surface area contributed by atoms with Crippen LogP contribution in [0.25, 0.3) is 0 Å². The molecule has 1 heterocycles. The molecule has 1 saturated heterocycles. The van der Waals surface area contributed by atoms with Gasteiger partial charge in [0.25, 0.3) is 0 Å². The van der Waals surface area contributed by atoms with Crippen LogP contribution in [0.3, 0.4) is 0 Å². The highest BCUT2D eigenvalue weighted by Gasteiger charge is 2.54. The van der Waals surface area contributed by atoms with Crippen LogP contribution in [-0.2, 0) is 9.59 Å². The summed E-state index contributed by atoms with van der Waals surface area (Å²) in [6, 6.07) is 0. The van der Waals surface area contributed by atoms with Gasteiger partial charge in [-0.2, -0.15) is 0 Å². The Balaban J connectivity index is 2.07. The molecule has 1 aliphatic carbocycles. The van der Waals surface area contributed by atoms with Gasteiger partial charge in [0.05, 0.1) is 6.42 Å². The maximum atomic E-state index is 11.2. The van der Waals surface area contributed by atoms with E-state index in [1.54, 1.807) is 11.8 Å². The first kappa shape index (κ1) is 9.49. The Kier molecular flexibility index (Phi) is 2.01. The molecule has 0 aromatic carbocycles. The van der Waals surface area contributed by atoms with Gasteiger partial charge in [-0.3, -0.25) is 9.59 Å². The first-order valence-electron chi connectivity index (χ1n) is 5.01. The molecular weight excluding hydrogens is 182 g/mol. The van der Waals surface area contributed by atoms with Gasteiger partial charge in [0.1, 0.15) is 0 Å². The Morgan fingerprint density at radius 1 is 1.57 bits per heavy atom. The minimum Gasteiger partial charge on any atom is -0.481 e. The number of aliphatic carboxylic acids is 1. The molecule has 0 spiro atoms. The van der Waals surface area contributed by atoms with Gasteiger partial charge in [0.15, 0.2) is 0 Å². The largest absolute Gasteiger partial charge is 0.481 e. The summed E-state index contributed by atoms with van der Waals surface area (Å²) < 4.78 is 0. The molecule has 1 amide bonds. The second-order valence-electron chi connectivity index (χ2n) is 4.57. The molecule has 1 saturated carbocycles. The average Bonchev–Trinajstić information content (AvgIpc) is 2.28. The van der Waals surface area contributed by atoms with E-state index in [0.717, 1.165) is 19.4 Å². The minimum absolute atomic E-state index is 0.0733. The van der Waals surface area contributed by atoms with E-state index in [2.05, 4.69) is 0 Å². The zero-order valence-electron chi connectivity index (χ0n) is 8.32. The third-order valence-electron chi connectivity index (χ3n) is 3.75. The van der Waals surface area contributed by atoms with Crippen molar-refractivity contribution < 1.29 is 14.7 Å². The van der Waals surface area contributed by atoms with Crippen molar-refractivity contribution >= 4 is 11.9 Å². The molecule has 4 heteroatoms. The monoisotopic (exact) mass is 197 g/mol. The van der Waals surface area contributed by atoms with E-state index < -0.39 is 5.97 Å². The highest BCUT2D eigenvalue weighted by Crippen LogP contribution is 2.54. The van der Waals surface area contributed by atoms with E-state index in [0.29, 0.717) is 12.5 Å².